The molecule has 1 aromatic heterocycles. The maximum atomic E-state index is 13.7. The van der Waals surface area contributed by atoms with Crippen LogP contribution in [0.25, 0.3) is 22.4 Å². The third-order valence-corrected chi connectivity index (χ3v) is 6.71. The summed E-state index contributed by atoms with van der Waals surface area (Å²) in [5.41, 5.74) is 1.79. The van der Waals surface area contributed by atoms with E-state index in [1.165, 1.54) is 4.90 Å². The number of aromatic nitrogens is 2. The summed E-state index contributed by atoms with van der Waals surface area (Å²) in [5, 5.41) is 2.74. The van der Waals surface area contributed by atoms with Gasteiger partial charge in [0.1, 0.15) is 5.82 Å². The number of amides is 3. The lowest BCUT2D eigenvalue weighted by molar-refractivity contribution is -0.140. The van der Waals surface area contributed by atoms with Crippen molar-refractivity contribution in [1.82, 2.24) is 14.5 Å². The molecule has 176 valence electrons. The van der Waals surface area contributed by atoms with Crippen LogP contribution < -0.4 is 5.32 Å². The van der Waals surface area contributed by atoms with Gasteiger partial charge in [0.25, 0.3) is 0 Å². The smallest absolute Gasteiger partial charge is 0.320 e. The third-order valence-electron chi connectivity index (χ3n) is 6.71. The van der Waals surface area contributed by atoms with Crippen LogP contribution in [0.1, 0.15) is 38.7 Å². The molecule has 2 aliphatic rings. The van der Waals surface area contributed by atoms with E-state index in [0.717, 1.165) is 30.3 Å². The fraction of sp³-hybridized carbons (Fsp3) is 0.360. The predicted molar refractivity (Wildman–Crippen MR) is 122 cm³/mol. The average molecular weight is 466 g/mol. The Morgan fingerprint density at radius 1 is 1.00 bits per heavy atom. The predicted octanol–water partition coefficient (Wildman–Crippen LogP) is 4.60. The van der Waals surface area contributed by atoms with E-state index in [1.807, 2.05) is 0 Å². The Balaban J connectivity index is 1.24. The summed E-state index contributed by atoms with van der Waals surface area (Å²) >= 11 is 0. The van der Waals surface area contributed by atoms with E-state index in [9.17, 15) is 23.2 Å². The Morgan fingerprint density at radius 3 is 2.29 bits per heavy atom. The molecule has 2 fully saturated rings. The van der Waals surface area contributed by atoms with E-state index in [-0.39, 0.29) is 48.3 Å². The van der Waals surface area contributed by atoms with Crippen molar-refractivity contribution < 1.29 is 23.2 Å². The highest BCUT2D eigenvalue weighted by molar-refractivity contribution is 6.05. The number of likely N-dealkylation sites (tertiary alicyclic amines) is 1. The van der Waals surface area contributed by atoms with Crippen LogP contribution in [0.4, 0.5) is 14.5 Å². The van der Waals surface area contributed by atoms with E-state index in [1.54, 1.807) is 48.5 Å². The van der Waals surface area contributed by atoms with Gasteiger partial charge in [-0.25, -0.2) is 4.98 Å². The summed E-state index contributed by atoms with van der Waals surface area (Å²) in [5.74, 6) is -0.962. The number of para-hydroxylation sites is 2. The van der Waals surface area contributed by atoms with Crippen molar-refractivity contribution in [2.45, 2.75) is 38.7 Å². The molecular formula is C25H24F2N4O3. The largest absolute Gasteiger partial charge is 0.326 e. The third kappa shape index (κ3) is 3.95. The first kappa shape index (κ1) is 22.2. The monoisotopic (exact) mass is 466 g/mol. The fourth-order valence-electron chi connectivity index (χ4n) is 5.04. The minimum absolute atomic E-state index is 0.000149. The van der Waals surface area contributed by atoms with Crippen LogP contribution in [-0.2, 0) is 14.4 Å². The van der Waals surface area contributed by atoms with E-state index in [2.05, 4.69) is 10.3 Å². The van der Waals surface area contributed by atoms with Crippen molar-refractivity contribution in [2.75, 3.05) is 11.9 Å². The van der Waals surface area contributed by atoms with Gasteiger partial charge in [-0.15, -0.1) is 0 Å². The molecule has 7 nitrogen and oxygen atoms in total. The van der Waals surface area contributed by atoms with Gasteiger partial charge in [0, 0.05) is 24.2 Å². The van der Waals surface area contributed by atoms with Crippen molar-refractivity contribution in [3.63, 3.8) is 0 Å². The zero-order valence-electron chi connectivity index (χ0n) is 18.4. The molecule has 3 aromatic rings. The quantitative estimate of drug-likeness (QED) is 0.538. The topological polar surface area (TPSA) is 84.3 Å². The summed E-state index contributed by atoms with van der Waals surface area (Å²) in [6.45, 7) is -2.69. The molecule has 2 aromatic carbocycles. The van der Waals surface area contributed by atoms with Crippen LogP contribution in [0.15, 0.2) is 48.5 Å². The highest BCUT2D eigenvalue weighted by atomic mass is 19.3. The second-order valence-electron chi connectivity index (χ2n) is 8.77. The van der Waals surface area contributed by atoms with E-state index >= 15 is 0 Å². The number of rotatable bonds is 6. The van der Waals surface area contributed by atoms with Crippen molar-refractivity contribution in [1.29, 1.82) is 0 Å². The van der Waals surface area contributed by atoms with Gasteiger partial charge in [0.2, 0.25) is 17.7 Å². The Bertz CT molecular complexity index is 1230. The first-order valence-corrected chi connectivity index (χ1v) is 11.4. The summed E-state index contributed by atoms with van der Waals surface area (Å²) in [7, 11) is 0. The zero-order valence-corrected chi connectivity index (χ0v) is 18.4. The van der Waals surface area contributed by atoms with Crippen LogP contribution in [0.5, 0.6) is 0 Å². The Labute approximate surface area is 194 Å². The van der Waals surface area contributed by atoms with Crippen LogP contribution >= 0.6 is 0 Å². The average Bonchev–Trinajstić information content (AvgIpc) is 3.34. The first-order valence-electron chi connectivity index (χ1n) is 11.4. The number of carbonyl (C=O) groups excluding carboxylic acids is 3. The number of carbonyl (C=O) groups is 3. The molecule has 0 spiro atoms. The minimum Gasteiger partial charge on any atom is -0.326 e. The van der Waals surface area contributed by atoms with Gasteiger partial charge in [-0.1, -0.05) is 25.0 Å². The van der Waals surface area contributed by atoms with Gasteiger partial charge in [-0.2, -0.15) is 8.78 Å². The van der Waals surface area contributed by atoms with Gasteiger partial charge in [-0.3, -0.25) is 23.9 Å². The molecule has 0 radical (unpaired) electrons. The van der Waals surface area contributed by atoms with Crippen molar-refractivity contribution in [3.8, 4) is 11.4 Å². The minimum atomic E-state index is -2.75. The number of nitrogens with one attached hydrogen (secondary N) is 1. The molecule has 1 aliphatic carbocycles. The standard InChI is InChI=1S/C25H24F2N4O3/c26-25(27)31-20-8-4-3-7-19(20)29-22(31)15-9-11-16(12-10-15)28-21(32)13-14-30-23(33)17-5-1-2-6-18(17)24(30)34/h3-4,7-12,17-18,25H,1-2,5-6,13-14H2,(H,28,32). The number of fused-ring (bicyclic) bond motifs is 2. The lowest BCUT2D eigenvalue weighted by Crippen LogP contribution is -2.34. The summed E-state index contributed by atoms with van der Waals surface area (Å²) in [6, 6.07) is 13.2. The molecule has 1 saturated heterocycles. The lowest BCUT2D eigenvalue weighted by Gasteiger charge is -2.19. The number of imide groups is 1. The number of benzene rings is 2. The van der Waals surface area contributed by atoms with Gasteiger partial charge in [0.15, 0.2) is 0 Å². The number of anilines is 1. The summed E-state index contributed by atoms with van der Waals surface area (Å²) in [4.78, 5) is 43.1. The number of alkyl halides is 2. The molecule has 5 rings (SSSR count). The second-order valence-corrected chi connectivity index (χ2v) is 8.77. The molecular weight excluding hydrogens is 442 g/mol. The Morgan fingerprint density at radius 2 is 1.65 bits per heavy atom. The van der Waals surface area contributed by atoms with Gasteiger partial charge < -0.3 is 5.32 Å². The highest BCUT2D eigenvalue weighted by Crippen LogP contribution is 2.38. The first-order chi connectivity index (χ1) is 16.4. The molecule has 2 atom stereocenters. The van der Waals surface area contributed by atoms with E-state index in [4.69, 9.17) is 0 Å². The number of hydrogen-bond donors (Lipinski definition) is 1. The molecule has 3 amide bonds. The van der Waals surface area contributed by atoms with E-state index in [0.29, 0.717) is 22.3 Å². The van der Waals surface area contributed by atoms with E-state index < -0.39 is 6.55 Å². The Hall–Kier alpha value is -3.62. The van der Waals surface area contributed by atoms with Crippen LogP contribution in [0, 0.1) is 11.8 Å². The van der Waals surface area contributed by atoms with Crippen molar-refractivity contribution >= 4 is 34.4 Å². The molecule has 2 heterocycles. The van der Waals surface area contributed by atoms with Crippen molar-refractivity contribution in [3.05, 3.63) is 48.5 Å². The normalized spacial score (nSPS) is 20.3. The fourth-order valence-corrected chi connectivity index (χ4v) is 5.04. The van der Waals surface area contributed by atoms with Crippen LogP contribution in [-0.4, -0.2) is 38.7 Å². The second kappa shape index (κ2) is 8.96. The number of nitrogens with zero attached hydrogens (tertiary/aromatic N) is 3. The lowest BCUT2D eigenvalue weighted by atomic mass is 9.81. The highest BCUT2D eigenvalue weighted by Gasteiger charge is 2.47. The molecule has 34 heavy (non-hydrogen) atoms. The summed E-state index contributed by atoms with van der Waals surface area (Å²) < 4.78 is 28.3. The molecule has 1 N–H and O–H groups in total. The molecule has 9 heteroatoms. The van der Waals surface area contributed by atoms with Crippen molar-refractivity contribution in [2.24, 2.45) is 11.8 Å². The van der Waals surface area contributed by atoms with Crippen LogP contribution in [0.3, 0.4) is 0 Å². The number of hydrogen-bond acceptors (Lipinski definition) is 4. The summed E-state index contributed by atoms with van der Waals surface area (Å²) in [6.07, 6.45) is 3.39. The SMILES string of the molecule is O=C(CCN1C(=O)C2CCCCC2C1=O)Nc1ccc(-c2nc3ccccc3n2C(F)F)cc1. The zero-order chi connectivity index (χ0) is 23.8. The Kier molecular flexibility index (Phi) is 5.85. The number of halogens is 2. The maximum absolute atomic E-state index is 13.7. The molecule has 0 bridgehead atoms. The maximum Gasteiger partial charge on any atom is 0.320 e. The molecule has 1 saturated carbocycles. The van der Waals surface area contributed by atoms with Gasteiger partial charge in [0.05, 0.1) is 22.9 Å². The van der Waals surface area contributed by atoms with Crippen LogP contribution in [0.2, 0.25) is 0 Å². The van der Waals surface area contributed by atoms with Gasteiger partial charge >= 0.3 is 6.55 Å². The van der Waals surface area contributed by atoms with Gasteiger partial charge in [-0.05, 0) is 49.2 Å². The molecule has 2 unspecified atom stereocenters. The molecule has 1 aliphatic heterocycles. The number of imidazole rings is 1.